The van der Waals surface area contributed by atoms with Crippen molar-refractivity contribution >= 4 is 11.9 Å². The molecule has 0 fully saturated rings. The fraction of sp³-hybridized carbons (Fsp3) is 0.389. The molecule has 0 saturated carbocycles. The number of benzene rings is 1. The number of rotatable bonds is 6. The Bertz CT molecular complexity index is 797. The molecule has 1 aromatic carbocycles. The number of esters is 1. The molecule has 1 amide bonds. The lowest BCUT2D eigenvalue weighted by molar-refractivity contribution is -0.154. The lowest BCUT2D eigenvalue weighted by Gasteiger charge is -2.19. The fourth-order valence-corrected chi connectivity index (χ4v) is 2.10. The van der Waals surface area contributed by atoms with Crippen LogP contribution in [0.25, 0.3) is 11.3 Å². The minimum Gasteiger partial charge on any atom is -0.459 e. The maximum absolute atomic E-state index is 13.7. The van der Waals surface area contributed by atoms with Crippen molar-refractivity contribution in [2.45, 2.75) is 39.2 Å². The van der Waals surface area contributed by atoms with Crippen LogP contribution in [0, 0.1) is 11.6 Å². The van der Waals surface area contributed by atoms with Crippen LogP contribution in [0.3, 0.4) is 0 Å². The van der Waals surface area contributed by atoms with E-state index in [4.69, 9.17) is 9.15 Å². The summed E-state index contributed by atoms with van der Waals surface area (Å²) in [6.45, 7) is 4.97. The Labute approximate surface area is 149 Å². The molecule has 6 nitrogen and oxygen atoms in total. The Morgan fingerprint density at radius 2 is 2.00 bits per heavy atom. The number of carbonyl (C=O) groups is 2. The van der Waals surface area contributed by atoms with Crippen LogP contribution in [-0.4, -0.2) is 29.0 Å². The fourth-order valence-electron chi connectivity index (χ4n) is 2.10. The van der Waals surface area contributed by atoms with Gasteiger partial charge in [0, 0.05) is 18.9 Å². The van der Waals surface area contributed by atoms with Gasteiger partial charge in [-0.15, -0.1) is 0 Å². The molecule has 26 heavy (non-hydrogen) atoms. The second kappa shape index (κ2) is 8.07. The van der Waals surface area contributed by atoms with Gasteiger partial charge in [0.1, 0.15) is 23.8 Å². The lowest BCUT2D eigenvalue weighted by Crippen LogP contribution is -2.34. The minimum absolute atomic E-state index is 0.0364. The van der Waals surface area contributed by atoms with Gasteiger partial charge in [-0.1, -0.05) is 0 Å². The van der Waals surface area contributed by atoms with Gasteiger partial charge >= 0.3 is 5.97 Å². The average molecular weight is 366 g/mol. The van der Waals surface area contributed by atoms with Gasteiger partial charge in [0.05, 0.1) is 11.8 Å². The number of hydrogen-bond donors (Lipinski definition) is 1. The van der Waals surface area contributed by atoms with Crippen molar-refractivity contribution < 1.29 is 27.5 Å². The van der Waals surface area contributed by atoms with Gasteiger partial charge < -0.3 is 14.5 Å². The number of ether oxygens (including phenoxy) is 1. The third kappa shape index (κ3) is 5.94. The van der Waals surface area contributed by atoms with Gasteiger partial charge in [-0.2, -0.15) is 0 Å². The number of carbonyl (C=O) groups excluding carboxylic acids is 2. The van der Waals surface area contributed by atoms with Crippen molar-refractivity contribution in [3.05, 3.63) is 41.9 Å². The molecule has 0 aliphatic heterocycles. The summed E-state index contributed by atoms with van der Waals surface area (Å²) in [5.41, 5.74) is -0.536. The molecule has 2 aromatic rings. The van der Waals surface area contributed by atoms with E-state index in [2.05, 4.69) is 10.3 Å². The predicted molar refractivity (Wildman–Crippen MR) is 89.0 cm³/mol. The summed E-state index contributed by atoms with van der Waals surface area (Å²) in [6, 6.07) is 3.12. The third-order valence-corrected chi connectivity index (χ3v) is 3.17. The second-order valence-electron chi connectivity index (χ2n) is 6.61. The summed E-state index contributed by atoms with van der Waals surface area (Å²) in [5, 5.41) is 2.44. The molecule has 0 aliphatic carbocycles. The number of aromatic nitrogens is 1. The van der Waals surface area contributed by atoms with Crippen LogP contribution in [0.1, 0.15) is 33.1 Å². The molecule has 0 saturated heterocycles. The summed E-state index contributed by atoms with van der Waals surface area (Å²) < 4.78 is 37.1. The van der Waals surface area contributed by atoms with E-state index in [0.29, 0.717) is 0 Å². The van der Waals surface area contributed by atoms with E-state index in [-0.39, 0.29) is 42.5 Å². The number of halogens is 2. The number of amides is 1. The molecule has 0 atom stereocenters. The van der Waals surface area contributed by atoms with Crippen molar-refractivity contribution in [2.75, 3.05) is 6.54 Å². The molecule has 0 bridgehead atoms. The van der Waals surface area contributed by atoms with E-state index < -0.39 is 23.2 Å². The molecule has 0 aliphatic rings. The highest BCUT2D eigenvalue weighted by Gasteiger charge is 2.17. The number of nitrogens with zero attached hydrogens (tertiary/aromatic N) is 1. The molecule has 140 valence electrons. The average Bonchev–Trinajstić information content (AvgIpc) is 2.98. The monoisotopic (exact) mass is 366 g/mol. The molecule has 1 heterocycles. The van der Waals surface area contributed by atoms with Crippen LogP contribution < -0.4 is 5.32 Å². The van der Waals surface area contributed by atoms with Crippen molar-refractivity contribution in [3.63, 3.8) is 0 Å². The Morgan fingerprint density at radius 3 is 2.65 bits per heavy atom. The number of hydrogen-bond acceptors (Lipinski definition) is 5. The first-order valence-electron chi connectivity index (χ1n) is 8.03. The number of oxazole rings is 1. The summed E-state index contributed by atoms with van der Waals surface area (Å²) in [7, 11) is 0. The van der Waals surface area contributed by atoms with E-state index >= 15 is 0 Å². The van der Waals surface area contributed by atoms with Crippen LogP contribution in [0.5, 0.6) is 0 Å². The maximum Gasteiger partial charge on any atom is 0.325 e. The Morgan fingerprint density at radius 1 is 1.27 bits per heavy atom. The molecule has 0 spiro atoms. The van der Waals surface area contributed by atoms with Gasteiger partial charge in [-0.3, -0.25) is 9.59 Å². The third-order valence-electron chi connectivity index (χ3n) is 3.17. The Hall–Kier alpha value is -2.77. The minimum atomic E-state index is -0.761. The molecular weight excluding hydrogens is 346 g/mol. The van der Waals surface area contributed by atoms with Crippen LogP contribution in [0.15, 0.2) is 28.8 Å². The number of aryl methyl sites for hydroxylation is 1. The molecule has 0 unspecified atom stereocenters. The van der Waals surface area contributed by atoms with Gasteiger partial charge in [-0.05, 0) is 32.9 Å². The molecular formula is C18H20F2N2O4. The topological polar surface area (TPSA) is 81.4 Å². The van der Waals surface area contributed by atoms with Crippen molar-refractivity contribution in [2.24, 2.45) is 0 Å². The van der Waals surface area contributed by atoms with Crippen LogP contribution >= 0.6 is 0 Å². The molecule has 1 aromatic heterocycles. The predicted octanol–water partition coefficient (Wildman–Crippen LogP) is 3.01. The number of nitrogens with one attached hydrogen (secondary N) is 1. The maximum atomic E-state index is 13.7. The smallest absolute Gasteiger partial charge is 0.325 e. The summed E-state index contributed by atoms with van der Waals surface area (Å²) in [6.07, 6.45) is 1.52. The lowest BCUT2D eigenvalue weighted by atomic mass is 10.2. The van der Waals surface area contributed by atoms with Crippen molar-refractivity contribution in [1.82, 2.24) is 10.3 Å². The summed E-state index contributed by atoms with van der Waals surface area (Å²) in [4.78, 5) is 27.3. The van der Waals surface area contributed by atoms with E-state index in [9.17, 15) is 18.4 Å². The standard InChI is InChI=1S/C18H20F2N2O4/c1-18(2,3)26-17(24)10-21-15(23)6-7-16-22-9-14(25-16)12-5-4-11(19)8-13(12)20/h4-5,8-9H,6-7,10H2,1-3H3,(H,21,23). The first-order chi connectivity index (χ1) is 12.1. The highest BCUT2D eigenvalue weighted by atomic mass is 19.1. The van der Waals surface area contributed by atoms with E-state index in [0.717, 1.165) is 12.1 Å². The second-order valence-corrected chi connectivity index (χ2v) is 6.61. The largest absolute Gasteiger partial charge is 0.459 e. The van der Waals surface area contributed by atoms with E-state index in [1.165, 1.54) is 12.3 Å². The van der Waals surface area contributed by atoms with Gasteiger partial charge in [0.2, 0.25) is 5.91 Å². The molecule has 0 radical (unpaired) electrons. The Kier molecular flexibility index (Phi) is 6.07. The highest BCUT2D eigenvalue weighted by molar-refractivity contribution is 5.82. The van der Waals surface area contributed by atoms with Crippen molar-refractivity contribution in [1.29, 1.82) is 0 Å². The van der Waals surface area contributed by atoms with Crippen molar-refractivity contribution in [3.8, 4) is 11.3 Å². The zero-order valence-corrected chi connectivity index (χ0v) is 14.8. The van der Waals surface area contributed by atoms with Crippen LogP contribution in [-0.2, 0) is 20.7 Å². The first kappa shape index (κ1) is 19.6. The highest BCUT2D eigenvalue weighted by Crippen LogP contribution is 2.24. The van der Waals surface area contributed by atoms with Crippen LogP contribution in [0.4, 0.5) is 8.78 Å². The first-order valence-corrected chi connectivity index (χ1v) is 8.03. The molecule has 8 heteroatoms. The van der Waals surface area contributed by atoms with Crippen LogP contribution in [0.2, 0.25) is 0 Å². The molecule has 1 N–H and O–H groups in total. The van der Waals surface area contributed by atoms with E-state index in [1.807, 2.05) is 0 Å². The van der Waals surface area contributed by atoms with Gasteiger partial charge in [0.25, 0.3) is 0 Å². The summed E-state index contributed by atoms with van der Waals surface area (Å²) >= 11 is 0. The normalized spacial score (nSPS) is 11.3. The molecule has 2 rings (SSSR count). The zero-order valence-electron chi connectivity index (χ0n) is 14.8. The summed E-state index contributed by atoms with van der Waals surface area (Å²) in [5.74, 6) is -1.97. The SMILES string of the molecule is CC(C)(C)OC(=O)CNC(=O)CCc1ncc(-c2ccc(F)cc2F)o1. The van der Waals surface area contributed by atoms with Gasteiger partial charge in [0.15, 0.2) is 11.7 Å². The van der Waals surface area contributed by atoms with E-state index in [1.54, 1.807) is 20.8 Å². The Balaban J connectivity index is 1.84. The van der Waals surface area contributed by atoms with Gasteiger partial charge in [-0.25, -0.2) is 13.8 Å². The zero-order chi connectivity index (χ0) is 19.3. The quantitative estimate of drug-likeness (QED) is 0.795.